The molecule has 0 amide bonds. The van der Waals surface area contributed by atoms with Crippen molar-refractivity contribution in [2.45, 2.75) is 51.8 Å². The maximum absolute atomic E-state index is 6.27. The highest BCUT2D eigenvalue weighted by atomic mass is 28.4. The van der Waals surface area contributed by atoms with Crippen LogP contribution in [-0.2, 0) is 15.6 Å². The molecular weight excluding hydrogens is 300 g/mol. The van der Waals surface area contributed by atoms with Gasteiger partial charge in [0, 0.05) is 6.42 Å². The van der Waals surface area contributed by atoms with Gasteiger partial charge in [0.2, 0.25) is 0 Å². The summed E-state index contributed by atoms with van der Waals surface area (Å²) in [6.45, 7) is 8.72. The Bertz CT molecular complexity index is 563. The lowest BCUT2D eigenvalue weighted by Crippen LogP contribution is -2.34. The van der Waals surface area contributed by atoms with Crippen LogP contribution in [0.4, 0.5) is 0 Å². The Hall–Kier alpha value is -1.42. The van der Waals surface area contributed by atoms with Crippen LogP contribution in [0.25, 0.3) is 0 Å². The normalized spacial score (nSPS) is 14.4. The predicted molar refractivity (Wildman–Crippen MR) is 98.9 cm³/mol. The molecule has 0 aromatic heterocycles. The van der Waals surface area contributed by atoms with Gasteiger partial charge >= 0.3 is 0 Å². The molecular formula is C20H28O2Si. The zero-order valence-electron chi connectivity index (χ0n) is 14.7. The van der Waals surface area contributed by atoms with E-state index in [-0.39, 0.29) is 12.4 Å². The van der Waals surface area contributed by atoms with Crippen LogP contribution in [0.15, 0.2) is 60.7 Å². The Labute approximate surface area is 141 Å². The largest absolute Gasteiger partial charge is 0.393 e. The Balaban J connectivity index is 1.99. The van der Waals surface area contributed by atoms with Crippen LogP contribution in [0.5, 0.6) is 0 Å². The molecule has 124 valence electrons. The van der Waals surface area contributed by atoms with Gasteiger partial charge in [-0.2, -0.15) is 0 Å². The van der Waals surface area contributed by atoms with E-state index in [9.17, 15) is 0 Å². The van der Waals surface area contributed by atoms with Gasteiger partial charge in [0.15, 0.2) is 8.32 Å². The molecule has 0 aliphatic rings. The minimum atomic E-state index is -1.65. The highest BCUT2D eigenvalue weighted by Gasteiger charge is 2.23. The van der Waals surface area contributed by atoms with E-state index < -0.39 is 8.32 Å². The van der Waals surface area contributed by atoms with E-state index in [0.717, 1.165) is 12.8 Å². The summed E-state index contributed by atoms with van der Waals surface area (Å²) in [5.41, 5.74) is 2.52. The first-order chi connectivity index (χ1) is 10.9. The van der Waals surface area contributed by atoms with Crippen LogP contribution in [-0.4, -0.2) is 14.6 Å². The number of hydrogen-bond acceptors (Lipinski definition) is 2. The smallest absolute Gasteiger partial charge is 0.187 e. The van der Waals surface area contributed by atoms with Crippen LogP contribution in [0.2, 0.25) is 19.6 Å². The summed E-state index contributed by atoms with van der Waals surface area (Å²) in [6, 6.07) is 20.9. The van der Waals surface area contributed by atoms with E-state index in [1.54, 1.807) is 0 Å². The molecule has 23 heavy (non-hydrogen) atoms. The summed E-state index contributed by atoms with van der Waals surface area (Å²) >= 11 is 0. The zero-order chi connectivity index (χ0) is 16.7. The molecule has 3 heteroatoms. The maximum Gasteiger partial charge on any atom is 0.187 e. The molecule has 0 spiro atoms. The lowest BCUT2D eigenvalue weighted by molar-refractivity contribution is -0.123. The molecule has 2 aromatic carbocycles. The Morgan fingerprint density at radius 3 is 2.00 bits per heavy atom. The molecule has 0 aliphatic carbocycles. The second-order valence-corrected chi connectivity index (χ2v) is 11.3. The maximum atomic E-state index is 6.27. The first kappa shape index (κ1) is 17.9. The lowest BCUT2D eigenvalue weighted by atomic mass is 10.1. The molecule has 0 N–H and O–H groups in total. The Morgan fingerprint density at radius 1 is 0.870 bits per heavy atom. The number of hydrogen-bond donors (Lipinski definition) is 0. The molecule has 0 heterocycles. The molecule has 2 rings (SSSR count). The third kappa shape index (κ3) is 6.69. The highest BCUT2D eigenvalue weighted by Crippen LogP contribution is 2.23. The Morgan fingerprint density at radius 2 is 1.43 bits per heavy atom. The topological polar surface area (TPSA) is 18.5 Å². The van der Waals surface area contributed by atoms with E-state index in [4.69, 9.17) is 9.16 Å². The van der Waals surface area contributed by atoms with Gasteiger partial charge in [0.1, 0.15) is 6.29 Å². The quantitative estimate of drug-likeness (QED) is 0.465. The minimum Gasteiger partial charge on any atom is -0.393 e. The first-order valence-corrected chi connectivity index (χ1v) is 11.8. The van der Waals surface area contributed by atoms with Crippen molar-refractivity contribution in [3.05, 3.63) is 71.8 Å². The van der Waals surface area contributed by atoms with Gasteiger partial charge in [-0.05, 0) is 44.1 Å². The second kappa shape index (κ2) is 8.43. The summed E-state index contributed by atoms with van der Waals surface area (Å²) in [6.07, 6.45) is 1.73. The van der Waals surface area contributed by atoms with Gasteiger partial charge in [-0.25, -0.2) is 0 Å². The molecule has 2 nitrogen and oxygen atoms in total. The van der Waals surface area contributed by atoms with Crippen LogP contribution in [0.1, 0.15) is 30.6 Å². The molecule has 0 saturated carbocycles. The lowest BCUT2D eigenvalue weighted by Gasteiger charge is -2.29. The zero-order valence-corrected chi connectivity index (χ0v) is 15.7. The van der Waals surface area contributed by atoms with Crippen molar-refractivity contribution in [1.82, 2.24) is 0 Å². The fourth-order valence-electron chi connectivity index (χ4n) is 2.51. The van der Waals surface area contributed by atoms with Gasteiger partial charge in [-0.15, -0.1) is 0 Å². The van der Waals surface area contributed by atoms with Crippen molar-refractivity contribution in [2.24, 2.45) is 0 Å². The van der Waals surface area contributed by atoms with E-state index in [1.807, 2.05) is 24.3 Å². The average Bonchev–Trinajstić information content (AvgIpc) is 2.53. The van der Waals surface area contributed by atoms with Crippen molar-refractivity contribution in [2.75, 3.05) is 0 Å². The van der Waals surface area contributed by atoms with Crippen molar-refractivity contribution in [1.29, 1.82) is 0 Å². The SMILES string of the molecule is C[C@@H](O[C@@H](CCc1ccccc1)O[Si](C)(C)C)c1ccccc1. The predicted octanol–water partition coefficient (Wildman–Crippen LogP) is 5.57. The van der Waals surface area contributed by atoms with Gasteiger partial charge in [-0.3, -0.25) is 0 Å². The third-order valence-electron chi connectivity index (χ3n) is 3.62. The molecule has 0 bridgehead atoms. The van der Waals surface area contributed by atoms with E-state index in [0.29, 0.717) is 0 Å². The van der Waals surface area contributed by atoms with E-state index in [1.165, 1.54) is 11.1 Å². The number of benzene rings is 2. The standard InChI is InChI=1S/C20H28O2Si/c1-17(19-13-9-6-10-14-19)21-20(22-23(2,3)4)16-15-18-11-7-5-8-12-18/h5-14,17,20H,15-16H2,1-4H3/t17-,20-/m1/s1. The van der Waals surface area contributed by atoms with Gasteiger partial charge in [0.05, 0.1) is 6.10 Å². The summed E-state index contributed by atoms with van der Waals surface area (Å²) in [7, 11) is -1.65. The molecule has 0 radical (unpaired) electrons. The highest BCUT2D eigenvalue weighted by molar-refractivity contribution is 6.69. The third-order valence-corrected chi connectivity index (χ3v) is 4.59. The van der Waals surface area contributed by atoms with Crippen molar-refractivity contribution < 1.29 is 9.16 Å². The van der Waals surface area contributed by atoms with Crippen LogP contribution < -0.4 is 0 Å². The summed E-state index contributed by atoms with van der Waals surface area (Å²) in [4.78, 5) is 0. The van der Waals surface area contributed by atoms with Crippen LogP contribution in [0, 0.1) is 0 Å². The monoisotopic (exact) mass is 328 g/mol. The van der Waals surface area contributed by atoms with E-state index >= 15 is 0 Å². The second-order valence-electron chi connectivity index (χ2n) is 6.87. The fourth-order valence-corrected chi connectivity index (χ4v) is 3.47. The van der Waals surface area contributed by atoms with Gasteiger partial charge in [0.25, 0.3) is 0 Å². The van der Waals surface area contributed by atoms with Crippen molar-refractivity contribution in [3.8, 4) is 0 Å². The van der Waals surface area contributed by atoms with Gasteiger partial charge < -0.3 is 9.16 Å². The molecule has 0 fully saturated rings. The molecule has 2 aromatic rings. The van der Waals surface area contributed by atoms with Crippen molar-refractivity contribution >= 4 is 8.32 Å². The minimum absolute atomic E-state index is 0.0355. The molecule has 2 atom stereocenters. The average molecular weight is 329 g/mol. The molecule has 0 aliphatic heterocycles. The van der Waals surface area contributed by atoms with Gasteiger partial charge in [-0.1, -0.05) is 60.7 Å². The molecule has 0 unspecified atom stereocenters. The summed E-state index contributed by atoms with van der Waals surface area (Å²) in [5, 5.41) is 0. The Kier molecular flexibility index (Phi) is 6.57. The van der Waals surface area contributed by atoms with Crippen LogP contribution in [0.3, 0.4) is 0 Å². The number of rotatable bonds is 8. The number of ether oxygens (including phenoxy) is 1. The molecule has 0 saturated heterocycles. The van der Waals surface area contributed by atoms with E-state index in [2.05, 4.69) is 63.0 Å². The summed E-state index contributed by atoms with van der Waals surface area (Å²) in [5.74, 6) is 0. The van der Waals surface area contributed by atoms with Crippen LogP contribution >= 0.6 is 0 Å². The fraction of sp³-hybridized carbons (Fsp3) is 0.400. The number of aryl methyl sites for hydroxylation is 1. The summed E-state index contributed by atoms with van der Waals surface area (Å²) < 4.78 is 12.5. The first-order valence-electron chi connectivity index (χ1n) is 8.36. The van der Waals surface area contributed by atoms with Crippen molar-refractivity contribution in [3.63, 3.8) is 0 Å².